The van der Waals surface area contributed by atoms with E-state index in [1.54, 1.807) is 0 Å². The number of carbonyl (C=O) groups is 2. The predicted molar refractivity (Wildman–Crippen MR) is 122 cm³/mol. The molecule has 2 saturated carbocycles. The van der Waals surface area contributed by atoms with Gasteiger partial charge in [-0.1, -0.05) is 54.4 Å². The maximum Gasteiger partial charge on any atom is 0.508 e. The lowest BCUT2D eigenvalue weighted by Gasteiger charge is -2.36. The Bertz CT molecular complexity index is 516. The summed E-state index contributed by atoms with van der Waals surface area (Å²) in [5.74, 6) is 2.99. The molecule has 0 spiro atoms. The van der Waals surface area contributed by atoms with E-state index in [4.69, 9.17) is 14.2 Å². The number of rotatable bonds is 8. The monoisotopic (exact) mass is 439 g/mol. The Hall–Kier alpha value is -1.46. The van der Waals surface area contributed by atoms with E-state index in [0.717, 1.165) is 25.7 Å². The average molecular weight is 440 g/mol. The number of alkyl carbamates (subject to hydrolysis) is 1. The summed E-state index contributed by atoms with van der Waals surface area (Å²) in [7, 11) is 0. The fraction of sp³-hybridized carbons (Fsp3) is 0.920. The van der Waals surface area contributed by atoms with E-state index in [2.05, 4.69) is 46.9 Å². The van der Waals surface area contributed by atoms with Crippen LogP contribution in [-0.4, -0.2) is 37.6 Å². The molecule has 6 nitrogen and oxygen atoms in total. The molecule has 0 saturated heterocycles. The van der Waals surface area contributed by atoms with E-state index in [1.165, 1.54) is 12.8 Å². The Morgan fingerprint density at radius 1 is 0.839 bits per heavy atom. The summed E-state index contributed by atoms with van der Waals surface area (Å²) in [5, 5.41) is 2.79. The standard InChI is InChI=1S/C25H45NO5/c1-16(2)20-10-8-18(5)14-22(20)30-24(27)26-12-7-13-29-25(28)31-23-15-19(6)9-11-21(23)17(3)4/h16-23H,7-15H2,1-6H3,(H,26,27)/t18-,19+,20+,21-,22-,23?/m1/s1. The van der Waals surface area contributed by atoms with E-state index in [1.807, 2.05) is 0 Å². The number of carbonyl (C=O) groups excluding carboxylic acids is 2. The van der Waals surface area contributed by atoms with E-state index in [9.17, 15) is 9.59 Å². The van der Waals surface area contributed by atoms with Crippen LogP contribution < -0.4 is 5.32 Å². The van der Waals surface area contributed by atoms with Gasteiger partial charge >= 0.3 is 12.2 Å². The SMILES string of the molecule is CC(C)[C@H]1CC[C@H](C)CC1OC(=O)OCCCNC(=O)O[C@@H]1C[C@H](C)CC[C@H]1C(C)C. The van der Waals surface area contributed by atoms with Crippen molar-refractivity contribution in [2.24, 2.45) is 35.5 Å². The molecule has 2 rings (SSSR count). The molecule has 6 heteroatoms. The number of nitrogens with one attached hydrogen (secondary N) is 1. The molecular weight excluding hydrogens is 394 g/mol. The molecule has 1 amide bonds. The fourth-order valence-electron chi connectivity index (χ4n) is 5.26. The van der Waals surface area contributed by atoms with Crippen molar-refractivity contribution in [3.8, 4) is 0 Å². The van der Waals surface area contributed by atoms with Crippen molar-refractivity contribution in [3.05, 3.63) is 0 Å². The van der Waals surface area contributed by atoms with Gasteiger partial charge in [0.25, 0.3) is 0 Å². The highest BCUT2D eigenvalue weighted by atomic mass is 16.7. The number of amides is 1. The zero-order valence-electron chi connectivity index (χ0n) is 20.5. The van der Waals surface area contributed by atoms with Crippen molar-refractivity contribution >= 4 is 12.2 Å². The quantitative estimate of drug-likeness (QED) is 0.361. The van der Waals surface area contributed by atoms with Crippen molar-refractivity contribution in [3.63, 3.8) is 0 Å². The van der Waals surface area contributed by atoms with E-state index < -0.39 is 6.16 Å². The zero-order chi connectivity index (χ0) is 23.0. The molecule has 0 heterocycles. The summed E-state index contributed by atoms with van der Waals surface area (Å²) in [6.45, 7) is 13.8. The normalized spacial score (nSPS) is 31.4. The molecule has 0 aromatic heterocycles. The lowest BCUT2D eigenvalue weighted by atomic mass is 9.75. The van der Waals surface area contributed by atoms with E-state index >= 15 is 0 Å². The molecule has 0 aliphatic heterocycles. The van der Waals surface area contributed by atoms with Crippen molar-refractivity contribution in [1.82, 2.24) is 5.32 Å². The summed E-state index contributed by atoms with van der Waals surface area (Å²) in [6, 6.07) is 0. The molecule has 2 fully saturated rings. The highest BCUT2D eigenvalue weighted by molar-refractivity contribution is 5.67. The second-order valence-electron chi connectivity index (χ2n) is 10.6. The minimum Gasteiger partial charge on any atom is -0.446 e. The van der Waals surface area contributed by atoms with Crippen molar-refractivity contribution in [2.75, 3.05) is 13.2 Å². The first-order valence-electron chi connectivity index (χ1n) is 12.4. The van der Waals surface area contributed by atoms with Crippen LogP contribution in [-0.2, 0) is 14.2 Å². The molecule has 1 N–H and O–H groups in total. The van der Waals surface area contributed by atoms with Crippen LogP contribution in [0.4, 0.5) is 9.59 Å². The van der Waals surface area contributed by atoms with Crippen LogP contribution >= 0.6 is 0 Å². The van der Waals surface area contributed by atoms with Gasteiger partial charge in [0.1, 0.15) is 12.2 Å². The molecule has 0 aromatic carbocycles. The Kier molecular flexibility index (Phi) is 10.4. The number of ether oxygens (including phenoxy) is 3. The van der Waals surface area contributed by atoms with Crippen LogP contribution in [0, 0.1) is 35.5 Å². The summed E-state index contributed by atoms with van der Waals surface area (Å²) >= 11 is 0. The van der Waals surface area contributed by atoms with Gasteiger partial charge in [0.15, 0.2) is 0 Å². The van der Waals surface area contributed by atoms with Gasteiger partial charge in [0, 0.05) is 6.54 Å². The zero-order valence-corrected chi connectivity index (χ0v) is 20.5. The van der Waals surface area contributed by atoms with E-state index in [0.29, 0.717) is 48.5 Å². The lowest BCUT2D eigenvalue weighted by molar-refractivity contribution is -0.0319. The average Bonchev–Trinajstić information content (AvgIpc) is 2.67. The van der Waals surface area contributed by atoms with Crippen LogP contribution in [0.25, 0.3) is 0 Å². The molecule has 6 atom stereocenters. The molecule has 1 unspecified atom stereocenters. The summed E-state index contributed by atoms with van der Waals surface area (Å²) < 4.78 is 16.6. The summed E-state index contributed by atoms with van der Waals surface area (Å²) in [4.78, 5) is 24.3. The van der Waals surface area contributed by atoms with Gasteiger partial charge in [-0.3, -0.25) is 0 Å². The smallest absolute Gasteiger partial charge is 0.446 e. The second kappa shape index (κ2) is 12.5. The molecule has 0 aromatic rings. The van der Waals surface area contributed by atoms with Gasteiger partial charge in [-0.05, 0) is 67.6 Å². The molecule has 2 aliphatic carbocycles. The van der Waals surface area contributed by atoms with Gasteiger partial charge in [-0.25, -0.2) is 9.59 Å². The Morgan fingerprint density at radius 2 is 1.35 bits per heavy atom. The van der Waals surface area contributed by atoms with E-state index in [-0.39, 0.29) is 24.9 Å². The number of hydrogen-bond acceptors (Lipinski definition) is 5. The lowest BCUT2D eigenvalue weighted by Crippen LogP contribution is -2.39. The minimum absolute atomic E-state index is 0.0123. The first-order chi connectivity index (χ1) is 14.7. The van der Waals surface area contributed by atoms with Crippen molar-refractivity contribution in [2.45, 2.75) is 98.7 Å². The summed E-state index contributed by atoms with van der Waals surface area (Å²) in [5.41, 5.74) is 0. The van der Waals surface area contributed by atoms with Gasteiger partial charge in [0.05, 0.1) is 6.61 Å². The molecular formula is C25H45NO5. The summed E-state index contributed by atoms with van der Waals surface area (Å²) in [6.07, 6.45) is 5.94. The van der Waals surface area contributed by atoms with Gasteiger partial charge in [-0.15, -0.1) is 0 Å². The fourth-order valence-corrected chi connectivity index (χ4v) is 5.26. The van der Waals surface area contributed by atoms with Gasteiger partial charge in [-0.2, -0.15) is 0 Å². The molecule has 0 radical (unpaired) electrons. The van der Waals surface area contributed by atoms with Crippen LogP contribution in [0.1, 0.15) is 86.5 Å². The Labute approximate surface area is 189 Å². The highest BCUT2D eigenvalue weighted by Gasteiger charge is 2.34. The van der Waals surface area contributed by atoms with Crippen LogP contribution in [0.15, 0.2) is 0 Å². The molecule has 2 aliphatic rings. The van der Waals surface area contributed by atoms with Gasteiger partial charge < -0.3 is 19.5 Å². The van der Waals surface area contributed by atoms with Crippen LogP contribution in [0.5, 0.6) is 0 Å². The molecule has 180 valence electrons. The third-order valence-electron chi connectivity index (χ3n) is 7.24. The number of hydrogen-bond donors (Lipinski definition) is 1. The maximum atomic E-state index is 12.2. The van der Waals surface area contributed by atoms with Crippen LogP contribution in [0.2, 0.25) is 0 Å². The third kappa shape index (κ3) is 8.53. The first kappa shape index (κ1) is 25.8. The first-order valence-corrected chi connectivity index (χ1v) is 12.4. The Balaban J connectivity index is 1.63. The van der Waals surface area contributed by atoms with Gasteiger partial charge in [0.2, 0.25) is 0 Å². The highest BCUT2D eigenvalue weighted by Crippen LogP contribution is 2.36. The maximum absolute atomic E-state index is 12.2. The van der Waals surface area contributed by atoms with Crippen LogP contribution in [0.3, 0.4) is 0 Å². The second-order valence-corrected chi connectivity index (χ2v) is 10.6. The minimum atomic E-state index is -0.594. The predicted octanol–water partition coefficient (Wildman–Crippen LogP) is 6.18. The topological polar surface area (TPSA) is 73.9 Å². The molecule has 0 bridgehead atoms. The molecule has 31 heavy (non-hydrogen) atoms. The van der Waals surface area contributed by atoms with Crippen molar-refractivity contribution < 1.29 is 23.8 Å². The third-order valence-corrected chi connectivity index (χ3v) is 7.24. The Morgan fingerprint density at radius 3 is 1.87 bits per heavy atom. The largest absolute Gasteiger partial charge is 0.508 e. The van der Waals surface area contributed by atoms with Crippen molar-refractivity contribution in [1.29, 1.82) is 0 Å².